The molecule has 0 aromatic rings. The Morgan fingerprint density at radius 2 is 2.25 bits per heavy atom. The molecule has 1 saturated heterocycles. The van der Waals surface area contributed by atoms with Gasteiger partial charge in [0.05, 0.1) is 0 Å². The van der Waals surface area contributed by atoms with Gasteiger partial charge in [0.1, 0.15) is 0 Å². The molecular weight excluding hydrogens is 208 g/mol. The van der Waals surface area contributed by atoms with Gasteiger partial charge in [-0.3, -0.25) is 15.0 Å². The number of urea groups is 1. The van der Waals surface area contributed by atoms with Crippen molar-refractivity contribution in [3.05, 3.63) is 0 Å². The highest BCUT2D eigenvalue weighted by atomic mass is 16.2. The van der Waals surface area contributed by atoms with E-state index < -0.39 is 6.03 Å². The Morgan fingerprint density at radius 3 is 2.88 bits per heavy atom. The van der Waals surface area contributed by atoms with Gasteiger partial charge in [-0.05, 0) is 6.92 Å². The second kappa shape index (κ2) is 6.44. The van der Waals surface area contributed by atoms with Gasteiger partial charge in [0, 0.05) is 45.7 Å². The number of amides is 3. The number of hydrogen-bond acceptors (Lipinski definition) is 4. The van der Waals surface area contributed by atoms with Crippen molar-refractivity contribution in [1.29, 1.82) is 0 Å². The number of piperazine rings is 1. The summed E-state index contributed by atoms with van der Waals surface area (Å²) in [7, 11) is 1.49. The van der Waals surface area contributed by atoms with Crippen molar-refractivity contribution in [2.45, 2.75) is 19.4 Å². The zero-order valence-electron chi connectivity index (χ0n) is 9.88. The molecule has 0 bridgehead atoms. The first-order valence-electron chi connectivity index (χ1n) is 5.60. The zero-order valence-corrected chi connectivity index (χ0v) is 9.88. The molecule has 1 rings (SSSR count). The van der Waals surface area contributed by atoms with E-state index in [-0.39, 0.29) is 5.91 Å². The van der Waals surface area contributed by atoms with Crippen LogP contribution in [0.1, 0.15) is 13.3 Å². The van der Waals surface area contributed by atoms with Crippen molar-refractivity contribution in [1.82, 2.24) is 20.9 Å². The molecule has 0 aromatic carbocycles. The molecule has 0 unspecified atom stereocenters. The molecule has 6 heteroatoms. The van der Waals surface area contributed by atoms with Crippen LogP contribution in [0.5, 0.6) is 0 Å². The predicted octanol–water partition coefficient (Wildman–Crippen LogP) is -0.874. The van der Waals surface area contributed by atoms with Crippen LogP contribution in [-0.4, -0.2) is 56.1 Å². The van der Waals surface area contributed by atoms with Gasteiger partial charge in [0.15, 0.2) is 0 Å². The number of nitrogens with zero attached hydrogens (tertiary/aromatic N) is 1. The molecular formula is C10H20N4O2. The van der Waals surface area contributed by atoms with Crippen LogP contribution in [0.15, 0.2) is 0 Å². The molecule has 3 N–H and O–H groups in total. The molecule has 0 spiro atoms. The van der Waals surface area contributed by atoms with Crippen molar-refractivity contribution in [2.24, 2.45) is 0 Å². The van der Waals surface area contributed by atoms with Crippen molar-refractivity contribution in [3.8, 4) is 0 Å². The fraction of sp³-hybridized carbons (Fsp3) is 0.800. The highest BCUT2D eigenvalue weighted by Gasteiger charge is 2.18. The van der Waals surface area contributed by atoms with Gasteiger partial charge in [-0.15, -0.1) is 0 Å². The molecule has 16 heavy (non-hydrogen) atoms. The minimum absolute atomic E-state index is 0.231. The number of hydrogen-bond donors (Lipinski definition) is 3. The first kappa shape index (κ1) is 12.9. The maximum atomic E-state index is 11.3. The summed E-state index contributed by atoms with van der Waals surface area (Å²) < 4.78 is 0. The standard InChI is InChI=1S/C10H20N4O2/c1-8-7-12-4-6-14(8)5-3-9(15)13-10(16)11-2/h8,12H,3-7H2,1-2H3,(H2,11,13,15,16)/t8-/m0/s1. The quantitative estimate of drug-likeness (QED) is 0.587. The zero-order chi connectivity index (χ0) is 12.0. The van der Waals surface area contributed by atoms with E-state index in [1.165, 1.54) is 7.05 Å². The number of rotatable bonds is 3. The molecule has 1 aliphatic rings. The SMILES string of the molecule is CNC(=O)NC(=O)CCN1CCNC[C@@H]1C. The lowest BCUT2D eigenvalue weighted by atomic mass is 10.2. The van der Waals surface area contributed by atoms with E-state index in [2.05, 4.69) is 27.8 Å². The lowest BCUT2D eigenvalue weighted by Crippen LogP contribution is -2.50. The fourth-order valence-electron chi connectivity index (χ4n) is 1.71. The third kappa shape index (κ3) is 4.16. The summed E-state index contributed by atoms with van der Waals surface area (Å²) >= 11 is 0. The molecule has 0 aromatic heterocycles. The summed E-state index contributed by atoms with van der Waals surface area (Å²) in [6.07, 6.45) is 0.359. The molecule has 0 aliphatic carbocycles. The van der Waals surface area contributed by atoms with Gasteiger partial charge in [0.25, 0.3) is 0 Å². The Hall–Kier alpha value is -1.14. The lowest BCUT2D eigenvalue weighted by Gasteiger charge is -2.33. The Kier molecular flexibility index (Phi) is 5.21. The highest BCUT2D eigenvalue weighted by Crippen LogP contribution is 2.02. The molecule has 1 fully saturated rings. The molecule has 1 atom stereocenters. The normalized spacial score (nSPS) is 21.5. The summed E-state index contributed by atoms with van der Waals surface area (Å²) in [4.78, 5) is 24.5. The van der Waals surface area contributed by atoms with Crippen LogP contribution >= 0.6 is 0 Å². The molecule has 6 nitrogen and oxygen atoms in total. The van der Waals surface area contributed by atoms with E-state index in [0.29, 0.717) is 19.0 Å². The predicted molar refractivity (Wildman–Crippen MR) is 61.1 cm³/mol. The lowest BCUT2D eigenvalue weighted by molar-refractivity contribution is -0.120. The van der Waals surface area contributed by atoms with Gasteiger partial charge >= 0.3 is 6.03 Å². The van der Waals surface area contributed by atoms with E-state index in [1.54, 1.807) is 0 Å². The summed E-state index contributed by atoms with van der Waals surface area (Å²) in [5, 5.41) is 7.89. The van der Waals surface area contributed by atoms with E-state index in [1.807, 2.05) is 0 Å². The van der Waals surface area contributed by atoms with Crippen LogP contribution in [0.4, 0.5) is 4.79 Å². The maximum absolute atomic E-state index is 11.3. The van der Waals surface area contributed by atoms with Crippen LogP contribution < -0.4 is 16.0 Å². The van der Waals surface area contributed by atoms with Crippen molar-refractivity contribution >= 4 is 11.9 Å². The third-order valence-electron chi connectivity index (χ3n) is 2.74. The molecule has 0 radical (unpaired) electrons. The monoisotopic (exact) mass is 228 g/mol. The van der Waals surface area contributed by atoms with Gasteiger partial charge in [-0.2, -0.15) is 0 Å². The van der Waals surface area contributed by atoms with Gasteiger partial charge in [0.2, 0.25) is 5.91 Å². The summed E-state index contributed by atoms with van der Waals surface area (Å²) in [6, 6.07) is -0.0000824. The van der Waals surface area contributed by atoms with E-state index in [9.17, 15) is 9.59 Å². The largest absolute Gasteiger partial charge is 0.341 e. The second-order valence-corrected chi connectivity index (χ2v) is 3.97. The number of carbonyl (C=O) groups excluding carboxylic acids is 2. The average molecular weight is 228 g/mol. The Morgan fingerprint density at radius 1 is 1.50 bits per heavy atom. The van der Waals surface area contributed by atoms with Gasteiger partial charge in [-0.1, -0.05) is 0 Å². The van der Waals surface area contributed by atoms with Crippen LogP contribution in [0.3, 0.4) is 0 Å². The number of nitrogens with one attached hydrogen (secondary N) is 3. The van der Waals surface area contributed by atoms with Crippen LogP contribution in [-0.2, 0) is 4.79 Å². The van der Waals surface area contributed by atoms with Crippen LogP contribution in [0.25, 0.3) is 0 Å². The molecule has 92 valence electrons. The van der Waals surface area contributed by atoms with Gasteiger partial charge < -0.3 is 10.6 Å². The smallest absolute Gasteiger partial charge is 0.321 e. The fourth-order valence-corrected chi connectivity index (χ4v) is 1.71. The van der Waals surface area contributed by atoms with Gasteiger partial charge in [-0.25, -0.2) is 4.79 Å². The maximum Gasteiger partial charge on any atom is 0.321 e. The second-order valence-electron chi connectivity index (χ2n) is 3.97. The summed E-state index contributed by atoms with van der Waals surface area (Å²) in [6.45, 7) is 5.70. The van der Waals surface area contributed by atoms with E-state index in [0.717, 1.165) is 19.6 Å². The molecule has 3 amide bonds. The first-order chi connectivity index (χ1) is 7.63. The average Bonchev–Trinajstić information content (AvgIpc) is 2.28. The number of imide groups is 1. The number of carbonyl (C=O) groups is 2. The minimum atomic E-state index is -0.446. The highest BCUT2D eigenvalue weighted by molar-refractivity contribution is 5.94. The minimum Gasteiger partial charge on any atom is -0.341 e. The summed E-state index contributed by atoms with van der Waals surface area (Å²) in [5.74, 6) is -0.231. The van der Waals surface area contributed by atoms with Crippen molar-refractivity contribution in [3.63, 3.8) is 0 Å². The molecule has 0 saturated carbocycles. The van der Waals surface area contributed by atoms with E-state index >= 15 is 0 Å². The molecule has 1 aliphatic heterocycles. The van der Waals surface area contributed by atoms with Crippen LogP contribution in [0.2, 0.25) is 0 Å². The van der Waals surface area contributed by atoms with Crippen molar-refractivity contribution < 1.29 is 9.59 Å². The Bertz CT molecular complexity index is 257. The first-order valence-corrected chi connectivity index (χ1v) is 5.60. The topological polar surface area (TPSA) is 73.5 Å². The van der Waals surface area contributed by atoms with Crippen LogP contribution in [0, 0.1) is 0 Å². The molecule has 1 heterocycles. The summed E-state index contributed by atoms with van der Waals surface area (Å²) in [5.41, 5.74) is 0. The van der Waals surface area contributed by atoms with Crippen molar-refractivity contribution in [2.75, 3.05) is 33.2 Å². The Balaban J connectivity index is 2.22. The van der Waals surface area contributed by atoms with E-state index in [4.69, 9.17) is 0 Å². The Labute approximate surface area is 95.8 Å². The third-order valence-corrected chi connectivity index (χ3v) is 2.74.